The van der Waals surface area contributed by atoms with Gasteiger partial charge in [-0.25, -0.2) is 9.99 Å². The predicted molar refractivity (Wildman–Crippen MR) is 135 cm³/mol. The van der Waals surface area contributed by atoms with Crippen molar-refractivity contribution in [1.29, 1.82) is 5.26 Å². The van der Waals surface area contributed by atoms with Crippen molar-refractivity contribution in [2.75, 3.05) is 12.1 Å². The number of nitriles is 1. The Bertz CT molecular complexity index is 1490. The molecule has 0 saturated heterocycles. The van der Waals surface area contributed by atoms with E-state index in [0.717, 1.165) is 22.6 Å². The van der Waals surface area contributed by atoms with Crippen molar-refractivity contribution in [1.82, 2.24) is 9.55 Å². The third-order valence-electron chi connectivity index (χ3n) is 6.15. The predicted octanol–water partition coefficient (Wildman–Crippen LogP) is 4.68. The molecule has 0 N–H and O–H groups in total. The maximum Gasteiger partial charge on any atom is 0.273 e. The van der Waals surface area contributed by atoms with Crippen molar-refractivity contribution >= 4 is 11.7 Å². The number of hydrogen-bond donors (Lipinski definition) is 0. The lowest BCUT2D eigenvalue weighted by molar-refractivity contribution is 0.414. The van der Waals surface area contributed by atoms with Crippen LogP contribution in [0.3, 0.4) is 0 Å². The standard InChI is InChI=1S/C28H23N5O2/c1-32-27(34)23(18-29)26(21-11-7-4-8-12-21)30-28(32)33-25(20-13-15-22(35-2)16-14-20)17-24(31-33)19-9-5-3-6-10-19/h3-16,25H,17H2,1-2H3. The molecule has 172 valence electrons. The highest BCUT2D eigenvalue weighted by molar-refractivity contribution is 6.03. The van der Waals surface area contributed by atoms with Gasteiger partial charge < -0.3 is 4.74 Å². The van der Waals surface area contributed by atoms with Crippen molar-refractivity contribution < 1.29 is 4.74 Å². The van der Waals surface area contributed by atoms with Crippen LogP contribution in [0.2, 0.25) is 0 Å². The van der Waals surface area contributed by atoms with Crippen LogP contribution >= 0.6 is 0 Å². The molecule has 0 fully saturated rings. The van der Waals surface area contributed by atoms with E-state index in [1.54, 1.807) is 19.2 Å². The van der Waals surface area contributed by atoms with Gasteiger partial charge >= 0.3 is 0 Å². The minimum atomic E-state index is -0.409. The average molecular weight is 462 g/mol. The van der Waals surface area contributed by atoms with Crippen molar-refractivity contribution in [3.05, 3.63) is 112 Å². The summed E-state index contributed by atoms with van der Waals surface area (Å²) in [7, 11) is 3.26. The molecule has 0 radical (unpaired) electrons. The molecule has 1 aliphatic heterocycles. The van der Waals surface area contributed by atoms with Crippen LogP contribution in [0.15, 0.2) is 94.8 Å². The summed E-state index contributed by atoms with van der Waals surface area (Å²) in [6.45, 7) is 0. The molecule has 4 aromatic rings. The number of methoxy groups -OCH3 is 1. The van der Waals surface area contributed by atoms with Crippen LogP contribution in [0.25, 0.3) is 11.3 Å². The van der Waals surface area contributed by atoms with Crippen LogP contribution in [0.4, 0.5) is 5.95 Å². The molecule has 3 aromatic carbocycles. The average Bonchev–Trinajstić information content (AvgIpc) is 3.36. The molecule has 7 nitrogen and oxygen atoms in total. The molecule has 1 aliphatic rings. The lowest BCUT2D eigenvalue weighted by atomic mass is 9.98. The zero-order chi connectivity index (χ0) is 24.4. The highest BCUT2D eigenvalue weighted by Crippen LogP contribution is 2.37. The molecule has 1 atom stereocenters. The SMILES string of the molecule is COc1ccc(C2CC(c3ccccc3)=NN2c2nc(-c3ccccc3)c(C#N)c(=O)n2C)cc1. The topological polar surface area (TPSA) is 83.5 Å². The van der Waals surface area contributed by atoms with Gasteiger partial charge in [0.1, 0.15) is 17.4 Å². The number of ether oxygens (including phenoxy) is 1. The van der Waals surface area contributed by atoms with Gasteiger partial charge in [-0.1, -0.05) is 72.8 Å². The van der Waals surface area contributed by atoms with Gasteiger partial charge in [0.2, 0.25) is 5.95 Å². The number of anilines is 1. The van der Waals surface area contributed by atoms with E-state index in [1.807, 2.05) is 91.0 Å². The lowest BCUT2D eigenvalue weighted by Gasteiger charge is -2.25. The Hall–Kier alpha value is -4.70. The van der Waals surface area contributed by atoms with Gasteiger partial charge in [0.15, 0.2) is 0 Å². The summed E-state index contributed by atoms with van der Waals surface area (Å²) >= 11 is 0. The van der Waals surface area contributed by atoms with Crippen LogP contribution in [0, 0.1) is 11.3 Å². The van der Waals surface area contributed by atoms with Gasteiger partial charge in [0.05, 0.1) is 24.6 Å². The normalized spacial score (nSPS) is 14.9. The van der Waals surface area contributed by atoms with Gasteiger partial charge in [-0.15, -0.1) is 0 Å². The van der Waals surface area contributed by atoms with Crippen LogP contribution < -0.4 is 15.3 Å². The molecular formula is C28H23N5O2. The van der Waals surface area contributed by atoms with E-state index >= 15 is 0 Å². The first-order chi connectivity index (χ1) is 17.1. The second-order valence-electron chi connectivity index (χ2n) is 8.23. The number of benzene rings is 3. The van der Waals surface area contributed by atoms with Gasteiger partial charge in [-0.05, 0) is 23.3 Å². The molecule has 35 heavy (non-hydrogen) atoms. The smallest absolute Gasteiger partial charge is 0.273 e. The molecule has 0 amide bonds. The summed E-state index contributed by atoms with van der Waals surface area (Å²) in [5.41, 5.74) is 3.57. The highest BCUT2D eigenvalue weighted by Gasteiger charge is 2.33. The van der Waals surface area contributed by atoms with Gasteiger partial charge in [-0.2, -0.15) is 10.4 Å². The maximum absolute atomic E-state index is 13.3. The van der Waals surface area contributed by atoms with Gasteiger partial charge in [0.25, 0.3) is 5.56 Å². The third kappa shape index (κ3) is 4.06. The van der Waals surface area contributed by atoms with Crippen molar-refractivity contribution in [3.8, 4) is 23.1 Å². The van der Waals surface area contributed by atoms with Crippen molar-refractivity contribution in [2.45, 2.75) is 12.5 Å². The first-order valence-electron chi connectivity index (χ1n) is 11.2. The lowest BCUT2D eigenvalue weighted by Crippen LogP contribution is -2.31. The third-order valence-corrected chi connectivity index (χ3v) is 6.15. The quantitative estimate of drug-likeness (QED) is 0.431. The summed E-state index contributed by atoms with van der Waals surface area (Å²) in [4.78, 5) is 18.1. The number of hydrogen-bond acceptors (Lipinski definition) is 6. The molecule has 1 unspecified atom stereocenters. The number of rotatable bonds is 5. The summed E-state index contributed by atoms with van der Waals surface area (Å²) < 4.78 is 6.73. The van der Waals surface area contributed by atoms with Crippen LogP contribution in [-0.4, -0.2) is 22.4 Å². The van der Waals surface area contributed by atoms with Crippen LogP contribution in [-0.2, 0) is 7.05 Å². The second-order valence-corrected chi connectivity index (χ2v) is 8.23. The van der Waals surface area contributed by atoms with Crippen LogP contribution in [0.5, 0.6) is 5.75 Å². The first kappa shape index (κ1) is 22.1. The molecule has 7 heteroatoms. The fraction of sp³-hybridized carbons (Fsp3) is 0.143. The first-order valence-corrected chi connectivity index (χ1v) is 11.2. The van der Waals surface area contributed by atoms with Crippen molar-refractivity contribution in [2.24, 2.45) is 12.1 Å². The minimum Gasteiger partial charge on any atom is -0.497 e. The van der Waals surface area contributed by atoms with E-state index in [9.17, 15) is 10.1 Å². The number of aromatic nitrogens is 2. The number of nitrogens with zero attached hydrogens (tertiary/aromatic N) is 5. The largest absolute Gasteiger partial charge is 0.497 e. The second kappa shape index (κ2) is 9.27. The Morgan fingerprint density at radius 2 is 1.57 bits per heavy atom. The molecule has 1 aromatic heterocycles. The van der Waals surface area contributed by atoms with Gasteiger partial charge in [0, 0.05) is 19.0 Å². The van der Waals surface area contributed by atoms with E-state index in [4.69, 9.17) is 14.8 Å². The summed E-state index contributed by atoms with van der Waals surface area (Å²) in [5, 5.41) is 16.5. The fourth-order valence-corrected chi connectivity index (χ4v) is 4.29. The highest BCUT2D eigenvalue weighted by atomic mass is 16.5. The van der Waals surface area contributed by atoms with E-state index < -0.39 is 5.56 Å². The monoisotopic (exact) mass is 461 g/mol. The zero-order valence-corrected chi connectivity index (χ0v) is 19.4. The molecule has 0 aliphatic carbocycles. The van der Waals surface area contributed by atoms with E-state index in [0.29, 0.717) is 23.6 Å². The molecule has 0 spiro atoms. The maximum atomic E-state index is 13.3. The molecule has 0 saturated carbocycles. The summed E-state index contributed by atoms with van der Waals surface area (Å²) in [6.07, 6.45) is 0.632. The minimum absolute atomic E-state index is 0.00917. The molecule has 2 heterocycles. The zero-order valence-electron chi connectivity index (χ0n) is 19.4. The van der Waals surface area contributed by atoms with E-state index in [-0.39, 0.29) is 11.6 Å². The summed E-state index contributed by atoms with van der Waals surface area (Å²) in [6, 6.07) is 28.9. The Labute approximate surface area is 203 Å². The molecular weight excluding hydrogens is 438 g/mol. The van der Waals surface area contributed by atoms with Crippen molar-refractivity contribution in [3.63, 3.8) is 0 Å². The van der Waals surface area contributed by atoms with E-state index in [2.05, 4.69) is 0 Å². The Kier molecular flexibility index (Phi) is 5.86. The Balaban J connectivity index is 1.69. The Morgan fingerprint density at radius 1 is 0.943 bits per heavy atom. The number of hydrazone groups is 1. The summed E-state index contributed by atoms with van der Waals surface area (Å²) in [5.74, 6) is 1.14. The van der Waals surface area contributed by atoms with E-state index in [1.165, 1.54) is 4.57 Å². The Morgan fingerprint density at radius 3 is 2.17 bits per heavy atom. The van der Waals surface area contributed by atoms with Crippen LogP contribution in [0.1, 0.15) is 29.2 Å². The molecule has 0 bridgehead atoms. The fourth-order valence-electron chi connectivity index (χ4n) is 4.29. The molecule has 5 rings (SSSR count). The van der Waals surface area contributed by atoms with Gasteiger partial charge in [-0.3, -0.25) is 9.36 Å².